The lowest BCUT2D eigenvalue weighted by atomic mass is 10.1. The summed E-state index contributed by atoms with van der Waals surface area (Å²) in [5.41, 5.74) is 0.906. The second-order valence-electron chi connectivity index (χ2n) is 6.10. The maximum absolute atomic E-state index is 4.47. The van der Waals surface area contributed by atoms with E-state index in [1.807, 2.05) is 13.2 Å². The Labute approximate surface area is 124 Å². The van der Waals surface area contributed by atoms with Gasteiger partial charge < -0.3 is 9.80 Å². The van der Waals surface area contributed by atoms with Crippen LogP contribution in [0.2, 0.25) is 0 Å². The zero-order valence-electron chi connectivity index (χ0n) is 12.6. The summed E-state index contributed by atoms with van der Waals surface area (Å²) in [6, 6.07) is 0.667. The van der Waals surface area contributed by atoms with E-state index in [4.69, 9.17) is 0 Å². The molecule has 7 nitrogen and oxygen atoms in total. The number of rotatable bonds is 2. The Bertz CT molecular complexity index is 638. The summed E-state index contributed by atoms with van der Waals surface area (Å²) in [7, 11) is 4.12. The Hall–Kier alpha value is -1.73. The van der Waals surface area contributed by atoms with Crippen molar-refractivity contribution in [2.45, 2.75) is 6.04 Å². The fraction of sp³-hybridized carbons (Fsp3) is 0.643. The van der Waals surface area contributed by atoms with E-state index in [0.29, 0.717) is 6.04 Å². The number of hydrogen-bond donors (Lipinski definition) is 0. The van der Waals surface area contributed by atoms with Crippen LogP contribution in [-0.4, -0.2) is 81.9 Å². The second-order valence-corrected chi connectivity index (χ2v) is 6.10. The first-order valence-corrected chi connectivity index (χ1v) is 7.52. The first-order chi connectivity index (χ1) is 10.2. The van der Waals surface area contributed by atoms with Gasteiger partial charge in [-0.1, -0.05) is 0 Å². The molecule has 2 aromatic rings. The average Bonchev–Trinajstić information content (AvgIpc) is 2.82. The van der Waals surface area contributed by atoms with Gasteiger partial charge in [0.25, 0.3) is 0 Å². The Morgan fingerprint density at radius 1 is 1.05 bits per heavy atom. The van der Waals surface area contributed by atoms with Gasteiger partial charge in [-0.25, -0.2) is 9.97 Å². The maximum atomic E-state index is 4.47. The molecule has 2 aromatic heterocycles. The molecule has 7 heteroatoms. The van der Waals surface area contributed by atoms with Crippen LogP contribution in [0.1, 0.15) is 0 Å². The van der Waals surface area contributed by atoms with Gasteiger partial charge in [0.1, 0.15) is 12.1 Å². The molecule has 4 heterocycles. The van der Waals surface area contributed by atoms with Crippen LogP contribution in [0.5, 0.6) is 0 Å². The third-order valence-corrected chi connectivity index (χ3v) is 4.72. The minimum atomic E-state index is 0.667. The third kappa shape index (κ3) is 2.16. The summed E-state index contributed by atoms with van der Waals surface area (Å²) in [5, 5.41) is 5.34. The van der Waals surface area contributed by atoms with Crippen LogP contribution in [0.25, 0.3) is 11.0 Å². The van der Waals surface area contributed by atoms with Gasteiger partial charge in [0, 0.05) is 52.4 Å². The highest BCUT2D eigenvalue weighted by atomic mass is 15.4. The molecule has 0 N–H and O–H groups in total. The van der Waals surface area contributed by atoms with Crippen LogP contribution in [0.3, 0.4) is 0 Å². The van der Waals surface area contributed by atoms with Gasteiger partial charge in [0.15, 0.2) is 5.65 Å². The molecule has 0 unspecified atom stereocenters. The summed E-state index contributed by atoms with van der Waals surface area (Å²) < 4.78 is 1.80. The SMILES string of the molecule is CN1CCN(C2CN(c3ncnc4c3cnn4C)C2)CC1. The Morgan fingerprint density at radius 3 is 2.57 bits per heavy atom. The summed E-state index contributed by atoms with van der Waals surface area (Å²) in [6.07, 6.45) is 3.51. The van der Waals surface area contributed by atoms with E-state index in [1.165, 1.54) is 26.2 Å². The number of nitrogens with zero attached hydrogens (tertiary/aromatic N) is 7. The monoisotopic (exact) mass is 287 g/mol. The van der Waals surface area contributed by atoms with Crippen LogP contribution >= 0.6 is 0 Å². The van der Waals surface area contributed by atoms with Crippen molar-refractivity contribution in [3.05, 3.63) is 12.5 Å². The lowest BCUT2D eigenvalue weighted by Gasteiger charge is -2.48. The minimum Gasteiger partial charge on any atom is -0.353 e. The maximum Gasteiger partial charge on any atom is 0.163 e. The highest BCUT2D eigenvalue weighted by Crippen LogP contribution is 2.28. The van der Waals surface area contributed by atoms with E-state index in [0.717, 1.165) is 29.9 Å². The number of aryl methyl sites for hydroxylation is 1. The summed E-state index contributed by atoms with van der Waals surface area (Å²) >= 11 is 0. The second kappa shape index (κ2) is 4.92. The molecule has 112 valence electrons. The van der Waals surface area contributed by atoms with Crippen molar-refractivity contribution in [2.24, 2.45) is 7.05 Å². The first kappa shape index (κ1) is 13.0. The highest BCUT2D eigenvalue weighted by Gasteiger charge is 2.34. The zero-order valence-corrected chi connectivity index (χ0v) is 12.6. The van der Waals surface area contributed by atoms with Crippen LogP contribution in [-0.2, 0) is 7.05 Å². The Balaban J connectivity index is 1.47. The molecule has 0 aliphatic carbocycles. The number of likely N-dealkylation sites (N-methyl/N-ethyl adjacent to an activating group) is 1. The van der Waals surface area contributed by atoms with Crippen LogP contribution < -0.4 is 4.90 Å². The number of anilines is 1. The van der Waals surface area contributed by atoms with E-state index in [1.54, 1.807) is 11.0 Å². The molecule has 4 rings (SSSR count). The lowest BCUT2D eigenvalue weighted by molar-refractivity contribution is 0.0962. The van der Waals surface area contributed by atoms with Gasteiger partial charge in [0.05, 0.1) is 11.6 Å². The molecule has 0 radical (unpaired) electrons. The number of piperazine rings is 1. The molecule has 21 heavy (non-hydrogen) atoms. The first-order valence-electron chi connectivity index (χ1n) is 7.52. The molecule has 2 aliphatic rings. The molecule has 0 aromatic carbocycles. The van der Waals surface area contributed by atoms with Gasteiger partial charge in [-0.3, -0.25) is 9.58 Å². The fourth-order valence-electron chi connectivity index (χ4n) is 3.25. The van der Waals surface area contributed by atoms with Gasteiger partial charge in [-0.2, -0.15) is 5.10 Å². The molecule has 0 saturated carbocycles. The molecular weight excluding hydrogens is 266 g/mol. The average molecular weight is 287 g/mol. The molecule has 0 amide bonds. The van der Waals surface area contributed by atoms with E-state index < -0.39 is 0 Å². The van der Waals surface area contributed by atoms with Gasteiger partial charge in [-0.05, 0) is 7.05 Å². The van der Waals surface area contributed by atoms with E-state index >= 15 is 0 Å². The predicted molar refractivity (Wildman–Crippen MR) is 81.4 cm³/mol. The fourth-order valence-corrected chi connectivity index (χ4v) is 3.25. The molecule has 0 atom stereocenters. The van der Waals surface area contributed by atoms with E-state index in [-0.39, 0.29) is 0 Å². The molecule has 2 saturated heterocycles. The Kier molecular flexibility index (Phi) is 3.04. The zero-order chi connectivity index (χ0) is 14.4. The topological polar surface area (TPSA) is 53.3 Å². The van der Waals surface area contributed by atoms with Crippen molar-refractivity contribution in [1.82, 2.24) is 29.5 Å². The number of fused-ring (bicyclic) bond motifs is 1. The molecule has 2 aliphatic heterocycles. The van der Waals surface area contributed by atoms with Crippen molar-refractivity contribution in [2.75, 3.05) is 51.2 Å². The molecule has 0 bridgehead atoms. The molecule has 2 fully saturated rings. The number of aromatic nitrogens is 4. The standard InChI is InChI=1S/C14H21N7/c1-18-3-5-20(6-4-18)11-8-21(9-11)14-12-7-17-19(2)13(12)15-10-16-14/h7,10-11H,3-6,8-9H2,1-2H3. The molecular formula is C14H21N7. The third-order valence-electron chi connectivity index (χ3n) is 4.72. The normalized spacial score (nSPS) is 21.9. The van der Waals surface area contributed by atoms with Crippen molar-refractivity contribution < 1.29 is 0 Å². The van der Waals surface area contributed by atoms with Crippen molar-refractivity contribution in [3.8, 4) is 0 Å². The van der Waals surface area contributed by atoms with Gasteiger partial charge in [-0.15, -0.1) is 0 Å². The summed E-state index contributed by atoms with van der Waals surface area (Å²) in [4.78, 5) is 16.1. The van der Waals surface area contributed by atoms with Crippen molar-refractivity contribution in [3.63, 3.8) is 0 Å². The van der Waals surface area contributed by atoms with E-state index in [9.17, 15) is 0 Å². The predicted octanol–water partition coefficient (Wildman–Crippen LogP) is -0.201. The number of hydrogen-bond acceptors (Lipinski definition) is 6. The van der Waals surface area contributed by atoms with Crippen LogP contribution in [0, 0.1) is 0 Å². The van der Waals surface area contributed by atoms with Crippen LogP contribution in [0.15, 0.2) is 12.5 Å². The van der Waals surface area contributed by atoms with Crippen LogP contribution in [0.4, 0.5) is 5.82 Å². The lowest BCUT2D eigenvalue weighted by Crippen LogP contribution is -2.63. The quantitative estimate of drug-likeness (QED) is 0.762. The summed E-state index contributed by atoms with van der Waals surface area (Å²) in [6.45, 7) is 6.84. The minimum absolute atomic E-state index is 0.667. The van der Waals surface area contributed by atoms with Crippen molar-refractivity contribution >= 4 is 16.9 Å². The van der Waals surface area contributed by atoms with Crippen molar-refractivity contribution in [1.29, 1.82) is 0 Å². The largest absolute Gasteiger partial charge is 0.353 e. The molecule has 0 spiro atoms. The van der Waals surface area contributed by atoms with E-state index in [2.05, 4.69) is 36.8 Å². The summed E-state index contributed by atoms with van der Waals surface area (Å²) in [5.74, 6) is 1.03. The highest BCUT2D eigenvalue weighted by molar-refractivity contribution is 5.87. The smallest absolute Gasteiger partial charge is 0.163 e. The van der Waals surface area contributed by atoms with Gasteiger partial charge in [0.2, 0.25) is 0 Å². The van der Waals surface area contributed by atoms with Gasteiger partial charge >= 0.3 is 0 Å². The Morgan fingerprint density at radius 2 is 1.81 bits per heavy atom.